The van der Waals surface area contributed by atoms with Gasteiger partial charge in [0.2, 0.25) is 0 Å². The summed E-state index contributed by atoms with van der Waals surface area (Å²) in [6, 6.07) is 0. The van der Waals surface area contributed by atoms with E-state index in [2.05, 4.69) is 33.9 Å². The lowest BCUT2D eigenvalue weighted by molar-refractivity contribution is -0.385. The molecule has 0 aromatic heterocycles. The third-order valence-electron chi connectivity index (χ3n) is 4.43. The van der Waals surface area contributed by atoms with Gasteiger partial charge < -0.3 is 19.6 Å². The fraction of sp³-hybridized carbons (Fsp3) is 0.444. The minimum absolute atomic E-state index is 0.242. The predicted octanol–water partition coefficient (Wildman–Crippen LogP) is 4.30. The average Bonchev–Trinajstić information content (AvgIpc) is 2.63. The minimum atomic E-state index is -4.84. The van der Waals surface area contributed by atoms with E-state index in [4.69, 9.17) is 19.6 Å². The lowest BCUT2D eigenvalue weighted by atomic mass is 9.85. The van der Waals surface area contributed by atoms with Crippen LogP contribution in [-0.4, -0.2) is 24.5 Å². The van der Waals surface area contributed by atoms with Crippen molar-refractivity contribution in [2.75, 3.05) is 0 Å². The van der Waals surface area contributed by atoms with Crippen LogP contribution in [0.4, 0.5) is 5.69 Å². The quantitative estimate of drug-likeness (QED) is 0.260. The monoisotopic (exact) mass is 449 g/mol. The highest BCUT2D eigenvalue weighted by Crippen LogP contribution is 2.62. The van der Waals surface area contributed by atoms with Gasteiger partial charge in [0.1, 0.15) is 5.06 Å². The Kier molecular flexibility index (Phi) is 10.4. The van der Waals surface area contributed by atoms with Crippen LogP contribution in [0.3, 0.4) is 0 Å². The molecule has 164 valence electrons. The molecule has 11 heteroatoms. The molecule has 0 aliphatic carbocycles. The third-order valence-corrected chi connectivity index (χ3v) is 7.34. The maximum Gasteiger partial charge on any atom is 0.363 e. The molecule has 9 nitrogen and oxygen atoms in total. The number of benzene rings is 1. The van der Waals surface area contributed by atoms with Gasteiger partial charge in [0, 0.05) is 5.56 Å². The first-order valence-corrected chi connectivity index (χ1v) is 12.2. The van der Waals surface area contributed by atoms with Gasteiger partial charge in [-0.15, -0.1) is 0 Å². The Morgan fingerprint density at radius 3 is 1.45 bits per heavy atom. The topological polar surface area (TPSA) is 158 Å². The molecule has 29 heavy (non-hydrogen) atoms. The van der Waals surface area contributed by atoms with Crippen LogP contribution in [0.2, 0.25) is 0 Å². The minimum Gasteiger partial charge on any atom is -0.321 e. The molecule has 0 bridgehead atoms. The summed E-state index contributed by atoms with van der Waals surface area (Å²) in [5.74, 6) is 0. The van der Waals surface area contributed by atoms with E-state index in [-0.39, 0.29) is 10.6 Å². The molecule has 0 heterocycles. The van der Waals surface area contributed by atoms with Gasteiger partial charge in [-0.25, -0.2) is 0 Å². The molecule has 0 aliphatic heterocycles. The Morgan fingerprint density at radius 2 is 1.24 bits per heavy atom. The summed E-state index contributed by atoms with van der Waals surface area (Å²) < 4.78 is 20.2. The summed E-state index contributed by atoms with van der Waals surface area (Å²) in [6.07, 6.45) is 4.91. The fourth-order valence-electron chi connectivity index (χ4n) is 3.21. The molecule has 0 radical (unpaired) electrons. The Bertz CT molecular complexity index is 859. The molecule has 0 saturated heterocycles. The average molecular weight is 449 g/mol. The molecule has 0 spiro atoms. The van der Waals surface area contributed by atoms with Crippen molar-refractivity contribution >= 4 is 27.0 Å². The van der Waals surface area contributed by atoms with Gasteiger partial charge in [-0.3, -0.25) is 19.2 Å². The van der Waals surface area contributed by atoms with Crippen molar-refractivity contribution in [2.45, 2.75) is 53.4 Å². The molecule has 1 rings (SSSR count). The van der Waals surface area contributed by atoms with Gasteiger partial charge in [-0.2, -0.15) is 0 Å². The first-order valence-electron chi connectivity index (χ1n) is 8.99. The highest BCUT2D eigenvalue weighted by atomic mass is 31.2. The van der Waals surface area contributed by atoms with Gasteiger partial charge in [0.15, 0.2) is 0 Å². The lowest BCUT2D eigenvalue weighted by Crippen LogP contribution is -2.10. The number of rotatable bonds is 8. The van der Waals surface area contributed by atoms with Gasteiger partial charge >= 0.3 is 15.2 Å². The summed E-state index contributed by atoms with van der Waals surface area (Å²) in [5, 5.41) is 10.1. The van der Waals surface area contributed by atoms with E-state index in [0.717, 1.165) is 36.0 Å². The van der Waals surface area contributed by atoms with Crippen molar-refractivity contribution in [3.05, 3.63) is 56.1 Å². The smallest absolute Gasteiger partial charge is 0.321 e. The number of nitrogens with zero attached hydrogens (tertiary/aromatic N) is 1. The molecule has 0 saturated carbocycles. The summed E-state index contributed by atoms with van der Waals surface area (Å²) in [7, 11) is -9.67. The number of hydrogen-bond acceptors (Lipinski definition) is 4. The first kappa shape index (κ1) is 27.4. The van der Waals surface area contributed by atoms with E-state index < -0.39 is 20.2 Å². The number of hydrogen-bond donors (Lipinski definition) is 4. The maximum atomic E-state index is 11.5. The largest absolute Gasteiger partial charge is 0.363 e. The normalized spacial score (nSPS) is 11.4. The summed E-state index contributed by atoms with van der Waals surface area (Å²) >= 11 is 0. The zero-order chi connectivity index (χ0) is 23.2. The summed E-state index contributed by atoms with van der Waals surface area (Å²) in [4.78, 5) is 43.8. The summed E-state index contributed by atoms with van der Waals surface area (Å²) in [5.41, 5.74) is 5.41. The maximum absolute atomic E-state index is 11.5. The Balaban J connectivity index is 0.000000665. The van der Waals surface area contributed by atoms with Crippen molar-refractivity contribution in [3.8, 4) is 0 Å². The second kappa shape index (κ2) is 11.0. The SMILES string of the molecule is C=C(P(=O)(O)O)P(=O)(O)O.C=Cc1c(CC)c(CC)c(CC)c(CC)c1[N+](=O)[O-]. The van der Waals surface area contributed by atoms with Crippen LogP contribution < -0.4 is 0 Å². The highest BCUT2D eigenvalue weighted by molar-refractivity contribution is 7.77. The van der Waals surface area contributed by atoms with Crippen LogP contribution in [0, 0.1) is 10.1 Å². The first-order chi connectivity index (χ1) is 13.2. The Morgan fingerprint density at radius 1 is 0.897 bits per heavy atom. The van der Waals surface area contributed by atoms with E-state index in [1.807, 2.05) is 6.92 Å². The Hall–Kier alpha value is -1.60. The van der Waals surface area contributed by atoms with E-state index in [1.54, 1.807) is 6.08 Å². The van der Waals surface area contributed by atoms with E-state index in [9.17, 15) is 19.2 Å². The van der Waals surface area contributed by atoms with Gasteiger partial charge in [0.25, 0.3) is 5.69 Å². The van der Waals surface area contributed by atoms with E-state index in [0.29, 0.717) is 6.42 Å². The van der Waals surface area contributed by atoms with Gasteiger partial charge in [0.05, 0.1) is 10.5 Å². The van der Waals surface area contributed by atoms with Crippen LogP contribution in [-0.2, 0) is 34.8 Å². The van der Waals surface area contributed by atoms with Gasteiger partial charge in [-0.1, -0.05) is 46.9 Å². The molecule has 0 aliphatic rings. The Labute approximate surface area is 170 Å². The zero-order valence-electron chi connectivity index (χ0n) is 17.1. The van der Waals surface area contributed by atoms with Crippen LogP contribution >= 0.6 is 15.2 Å². The van der Waals surface area contributed by atoms with E-state index >= 15 is 0 Å². The standard InChI is InChI=1S/C16H23NO2.C2H6O6P2/c1-6-11-12(7-2)14(9-4)16(17(18)19)15(10-5)13(11)8-3;1-2(9(3,4)5)10(6,7)8/h9H,4,6-8,10H2,1-3,5H3;1H2,(H2,3,4,5)(H2,6,7,8). The molecule has 0 fully saturated rings. The highest BCUT2D eigenvalue weighted by Gasteiger charge is 2.33. The number of nitro benzene ring substituents is 1. The summed E-state index contributed by atoms with van der Waals surface area (Å²) in [6.45, 7) is 14.6. The van der Waals surface area contributed by atoms with Crippen LogP contribution in [0.25, 0.3) is 6.08 Å². The molecule has 1 aromatic carbocycles. The van der Waals surface area contributed by atoms with Crippen LogP contribution in [0.15, 0.2) is 18.2 Å². The molecule has 0 amide bonds. The second-order valence-corrected chi connectivity index (χ2v) is 9.66. The zero-order valence-corrected chi connectivity index (χ0v) is 18.9. The molecule has 1 aromatic rings. The molecular formula is C18H29NO8P2. The van der Waals surface area contributed by atoms with E-state index in [1.165, 1.54) is 11.1 Å². The van der Waals surface area contributed by atoms with Crippen LogP contribution in [0.5, 0.6) is 0 Å². The molecule has 0 atom stereocenters. The van der Waals surface area contributed by atoms with Crippen molar-refractivity contribution in [2.24, 2.45) is 0 Å². The predicted molar refractivity (Wildman–Crippen MR) is 114 cm³/mol. The van der Waals surface area contributed by atoms with Crippen LogP contribution in [0.1, 0.15) is 55.5 Å². The number of nitro groups is 1. The van der Waals surface area contributed by atoms with Crippen molar-refractivity contribution in [3.63, 3.8) is 0 Å². The fourth-order valence-corrected chi connectivity index (χ4v) is 4.57. The van der Waals surface area contributed by atoms with Crippen molar-refractivity contribution in [1.82, 2.24) is 0 Å². The molecule has 0 unspecified atom stereocenters. The second-order valence-electron chi connectivity index (χ2n) is 6.06. The third kappa shape index (κ3) is 6.71. The molecular weight excluding hydrogens is 420 g/mol. The van der Waals surface area contributed by atoms with Gasteiger partial charge in [-0.05, 0) is 42.4 Å². The van der Waals surface area contributed by atoms with Crippen molar-refractivity contribution in [1.29, 1.82) is 0 Å². The van der Waals surface area contributed by atoms with Crippen molar-refractivity contribution < 1.29 is 33.6 Å². The lowest BCUT2D eigenvalue weighted by Gasteiger charge is -2.19. The molecule has 4 N–H and O–H groups in total.